The van der Waals surface area contributed by atoms with Crippen LogP contribution < -0.4 is 14.8 Å². The molecule has 8 heteroatoms. The maximum Gasteiger partial charge on any atom is 0.220 e. The van der Waals surface area contributed by atoms with E-state index in [2.05, 4.69) is 15.4 Å². The average molecular weight is 348 g/mol. The van der Waals surface area contributed by atoms with Crippen LogP contribution in [0.1, 0.15) is 12.2 Å². The van der Waals surface area contributed by atoms with Gasteiger partial charge in [0, 0.05) is 37.1 Å². The van der Waals surface area contributed by atoms with E-state index < -0.39 is 0 Å². The molecule has 7 nitrogen and oxygen atoms in total. The highest BCUT2D eigenvalue weighted by Gasteiger charge is 2.12. The first-order valence-electron chi connectivity index (χ1n) is 7.84. The fraction of sp³-hybridized carbons (Fsp3) is 0.438. The Labute approximate surface area is 144 Å². The van der Waals surface area contributed by atoms with E-state index in [-0.39, 0.29) is 5.91 Å². The average Bonchev–Trinajstić information content (AvgIpc) is 3.00. The molecule has 3 rings (SSSR count). The highest BCUT2D eigenvalue weighted by Crippen LogP contribution is 2.34. The zero-order chi connectivity index (χ0) is 16.8. The molecule has 128 valence electrons. The fourth-order valence-corrected chi connectivity index (χ4v) is 3.20. The van der Waals surface area contributed by atoms with E-state index in [0.29, 0.717) is 32.6 Å². The molecule has 1 aliphatic rings. The van der Waals surface area contributed by atoms with Crippen molar-refractivity contribution in [2.24, 2.45) is 7.05 Å². The van der Waals surface area contributed by atoms with Gasteiger partial charge in [0.25, 0.3) is 0 Å². The Kier molecular flexibility index (Phi) is 5.58. The number of aromatic nitrogens is 3. The number of nitrogens with zero attached hydrogens (tertiary/aromatic N) is 3. The third-order valence-corrected chi connectivity index (χ3v) is 4.58. The molecule has 1 N–H and O–H groups in total. The highest BCUT2D eigenvalue weighted by atomic mass is 32.2. The van der Waals surface area contributed by atoms with Crippen LogP contribution >= 0.6 is 11.8 Å². The predicted molar refractivity (Wildman–Crippen MR) is 90.5 cm³/mol. The number of fused-ring (bicyclic) bond motifs is 1. The fourth-order valence-electron chi connectivity index (χ4n) is 2.32. The lowest BCUT2D eigenvalue weighted by Gasteiger charge is -2.18. The molecule has 1 aromatic carbocycles. The Bertz CT molecular complexity index is 704. The van der Waals surface area contributed by atoms with Crippen LogP contribution in [0.15, 0.2) is 29.4 Å². The van der Waals surface area contributed by atoms with Gasteiger partial charge in [0.15, 0.2) is 11.5 Å². The molecule has 0 saturated carbocycles. The quantitative estimate of drug-likeness (QED) is 0.763. The minimum Gasteiger partial charge on any atom is -0.486 e. The molecule has 0 unspecified atom stereocenters. The van der Waals surface area contributed by atoms with Crippen molar-refractivity contribution >= 4 is 17.7 Å². The van der Waals surface area contributed by atoms with Crippen LogP contribution in [0.4, 0.5) is 0 Å². The van der Waals surface area contributed by atoms with Crippen LogP contribution in [0.5, 0.6) is 11.5 Å². The minimum absolute atomic E-state index is 0.0437. The van der Waals surface area contributed by atoms with Crippen LogP contribution in [-0.4, -0.2) is 46.2 Å². The van der Waals surface area contributed by atoms with Gasteiger partial charge >= 0.3 is 0 Å². The van der Waals surface area contributed by atoms with Crippen molar-refractivity contribution in [1.29, 1.82) is 0 Å². The van der Waals surface area contributed by atoms with Gasteiger partial charge < -0.3 is 14.8 Å². The third-order valence-electron chi connectivity index (χ3n) is 3.59. The molecular formula is C16H20N4O3S. The molecule has 24 heavy (non-hydrogen) atoms. The normalized spacial score (nSPS) is 12.9. The summed E-state index contributed by atoms with van der Waals surface area (Å²) in [6.45, 7) is 1.74. The number of carbonyl (C=O) groups is 1. The molecule has 1 aromatic heterocycles. The maximum atomic E-state index is 11.9. The van der Waals surface area contributed by atoms with Gasteiger partial charge in [-0.05, 0) is 18.2 Å². The first kappa shape index (κ1) is 16.6. The third kappa shape index (κ3) is 4.41. The molecular weight excluding hydrogens is 328 g/mol. The van der Waals surface area contributed by atoms with Crippen LogP contribution in [0.3, 0.4) is 0 Å². The smallest absolute Gasteiger partial charge is 0.220 e. The van der Waals surface area contributed by atoms with Crippen molar-refractivity contribution in [1.82, 2.24) is 20.1 Å². The Morgan fingerprint density at radius 3 is 2.96 bits per heavy atom. The first-order chi connectivity index (χ1) is 11.7. The zero-order valence-electron chi connectivity index (χ0n) is 13.5. The Morgan fingerprint density at radius 2 is 2.17 bits per heavy atom. The van der Waals surface area contributed by atoms with Gasteiger partial charge in [0.05, 0.1) is 0 Å². The summed E-state index contributed by atoms with van der Waals surface area (Å²) >= 11 is 1.63. The molecule has 0 atom stereocenters. The second-order valence-electron chi connectivity index (χ2n) is 5.30. The van der Waals surface area contributed by atoms with E-state index in [4.69, 9.17) is 9.47 Å². The molecule has 1 aliphatic heterocycles. The first-order valence-corrected chi connectivity index (χ1v) is 8.83. The van der Waals surface area contributed by atoms with E-state index in [1.165, 1.54) is 6.33 Å². The van der Waals surface area contributed by atoms with Crippen molar-refractivity contribution in [2.75, 3.05) is 25.5 Å². The van der Waals surface area contributed by atoms with Gasteiger partial charge in [-0.25, -0.2) is 4.98 Å². The van der Waals surface area contributed by atoms with Crippen molar-refractivity contribution in [3.05, 3.63) is 30.4 Å². The number of hydrogen-bond acceptors (Lipinski definition) is 6. The number of thioether (sulfide) groups is 1. The molecule has 0 spiro atoms. The summed E-state index contributed by atoms with van der Waals surface area (Å²) in [6, 6.07) is 5.87. The van der Waals surface area contributed by atoms with Crippen molar-refractivity contribution < 1.29 is 14.3 Å². The molecule has 0 bridgehead atoms. The standard InChI is InChI=1S/C16H20N4O3S/c1-20-15(18-11-19-20)4-6-17-16(21)5-9-24-12-2-3-13-14(10-12)23-8-7-22-13/h2-3,10-11H,4-9H2,1H3,(H,17,21). The molecule has 0 aliphatic carbocycles. The van der Waals surface area contributed by atoms with Crippen LogP contribution in [-0.2, 0) is 18.3 Å². The van der Waals surface area contributed by atoms with Crippen molar-refractivity contribution in [2.45, 2.75) is 17.7 Å². The molecule has 2 heterocycles. The van der Waals surface area contributed by atoms with Crippen molar-refractivity contribution in [3.63, 3.8) is 0 Å². The Hall–Kier alpha value is -2.22. The van der Waals surface area contributed by atoms with E-state index in [1.54, 1.807) is 16.4 Å². The van der Waals surface area contributed by atoms with Gasteiger partial charge in [-0.1, -0.05) is 0 Å². The van der Waals surface area contributed by atoms with Gasteiger partial charge in [0.2, 0.25) is 5.91 Å². The number of benzene rings is 1. The van der Waals surface area contributed by atoms with Gasteiger partial charge in [-0.3, -0.25) is 9.48 Å². The number of amides is 1. The summed E-state index contributed by atoms with van der Waals surface area (Å²) in [6.07, 6.45) is 2.66. The lowest BCUT2D eigenvalue weighted by molar-refractivity contribution is -0.120. The van der Waals surface area contributed by atoms with E-state index in [1.807, 2.05) is 25.2 Å². The molecule has 0 saturated heterocycles. The van der Waals surface area contributed by atoms with E-state index in [0.717, 1.165) is 28.0 Å². The number of carbonyl (C=O) groups excluding carboxylic acids is 1. The summed E-state index contributed by atoms with van der Waals surface area (Å²) < 4.78 is 12.8. The number of rotatable bonds is 7. The SMILES string of the molecule is Cn1ncnc1CCNC(=O)CCSc1ccc2c(c1)OCCO2. The van der Waals surface area contributed by atoms with Crippen LogP contribution in [0.2, 0.25) is 0 Å². The highest BCUT2D eigenvalue weighted by molar-refractivity contribution is 7.99. The summed E-state index contributed by atoms with van der Waals surface area (Å²) in [4.78, 5) is 17.1. The number of nitrogens with one attached hydrogen (secondary N) is 1. The number of ether oxygens (including phenoxy) is 2. The van der Waals surface area contributed by atoms with Crippen LogP contribution in [0, 0.1) is 0 Å². The molecule has 1 amide bonds. The molecule has 0 fully saturated rings. The number of hydrogen-bond donors (Lipinski definition) is 1. The van der Waals surface area contributed by atoms with Gasteiger partial charge in [-0.2, -0.15) is 5.10 Å². The summed E-state index contributed by atoms with van der Waals surface area (Å²) in [5, 5.41) is 6.90. The lowest BCUT2D eigenvalue weighted by Crippen LogP contribution is -2.26. The minimum atomic E-state index is 0.0437. The Morgan fingerprint density at radius 1 is 1.33 bits per heavy atom. The summed E-state index contributed by atoms with van der Waals surface area (Å²) in [5.41, 5.74) is 0. The van der Waals surface area contributed by atoms with E-state index in [9.17, 15) is 4.79 Å². The topological polar surface area (TPSA) is 78.3 Å². The summed E-state index contributed by atoms with van der Waals surface area (Å²) in [7, 11) is 1.84. The van der Waals surface area contributed by atoms with Crippen molar-refractivity contribution in [3.8, 4) is 11.5 Å². The largest absolute Gasteiger partial charge is 0.486 e. The lowest BCUT2D eigenvalue weighted by atomic mass is 10.3. The van der Waals surface area contributed by atoms with Gasteiger partial charge in [0.1, 0.15) is 25.4 Å². The van der Waals surface area contributed by atoms with Crippen LogP contribution in [0.25, 0.3) is 0 Å². The summed E-state index contributed by atoms with van der Waals surface area (Å²) in [5.74, 6) is 3.18. The maximum absolute atomic E-state index is 11.9. The monoisotopic (exact) mass is 348 g/mol. The molecule has 0 radical (unpaired) electrons. The Balaban J connectivity index is 1.37. The molecule has 2 aromatic rings. The second kappa shape index (κ2) is 8.05. The number of aryl methyl sites for hydroxylation is 1. The van der Waals surface area contributed by atoms with Gasteiger partial charge in [-0.15, -0.1) is 11.8 Å². The van der Waals surface area contributed by atoms with E-state index >= 15 is 0 Å². The second-order valence-corrected chi connectivity index (χ2v) is 6.47. The zero-order valence-corrected chi connectivity index (χ0v) is 14.3. The predicted octanol–water partition coefficient (Wildman–Crippen LogP) is 1.43.